The van der Waals surface area contributed by atoms with Crippen LogP contribution < -0.4 is 15.4 Å². The number of amides is 3. The number of nitrogens with one attached hydrogen (secondary N) is 2. The molecule has 156 valence electrons. The first-order valence-corrected chi connectivity index (χ1v) is 9.37. The van der Waals surface area contributed by atoms with Gasteiger partial charge in [0.25, 0.3) is 5.91 Å². The molecular weight excluding hydrogens is 421 g/mol. The molecule has 0 unspecified atom stereocenters. The molecule has 2 N–H and O–H groups in total. The molecule has 2 rings (SSSR count). The van der Waals surface area contributed by atoms with Crippen molar-refractivity contribution in [2.24, 2.45) is 0 Å². The Morgan fingerprint density at radius 2 is 1.79 bits per heavy atom. The summed E-state index contributed by atoms with van der Waals surface area (Å²) in [4.78, 5) is 39.5. The Morgan fingerprint density at radius 3 is 2.45 bits per heavy atom. The summed E-state index contributed by atoms with van der Waals surface area (Å²) in [6, 6.07) is 4.36. The molecule has 0 spiro atoms. The zero-order valence-corrected chi connectivity index (χ0v) is 17.9. The fourth-order valence-corrected chi connectivity index (χ4v) is 2.85. The summed E-state index contributed by atoms with van der Waals surface area (Å²) in [5.74, 6) is -1.41. The molecule has 0 aliphatic carbocycles. The van der Waals surface area contributed by atoms with Crippen LogP contribution in [0.15, 0.2) is 18.2 Å². The monoisotopic (exact) mass is 441 g/mol. The van der Waals surface area contributed by atoms with Crippen molar-refractivity contribution in [3.05, 3.63) is 33.9 Å². The highest BCUT2D eigenvalue weighted by Gasteiger charge is 2.18. The molecule has 0 saturated carbocycles. The maximum absolute atomic E-state index is 11.9. The van der Waals surface area contributed by atoms with E-state index in [2.05, 4.69) is 15.6 Å². The molecule has 0 aliphatic rings. The van der Waals surface area contributed by atoms with Crippen molar-refractivity contribution >= 4 is 52.0 Å². The molecular formula is C19H21Cl2N3O5. The SMILES string of the molecule is Cc1ccc2c(Cl)cc(Cl)c(OCC(=O)OCC(=O)NC(=O)NC(C)(C)C)c2n1. The van der Waals surface area contributed by atoms with Crippen molar-refractivity contribution < 1.29 is 23.9 Å². The number of pyridine rings is 1. The Kier molecular flexibility index (Phi) is 7.26. The summed E-state index contributed by atoms with van der Waals surface area (Å²) in [5, 5.41) is 5.81. The maximum Gasteiger partial charge on any atom is 0.344 e. The molecule has 29 heavy (non-hydrogen) atoms. The van der Waals surface area contributed by atoms with Crippen LogP contribution in [0.1, 0.15) is 26.5 Å². The molecule has 10 heteroatoms. The summed E-state index contributed by atoms with van der Waals surface area (Å²) < 4.78 is 10.3. The predicted molar refractivity (Wildman–Crippen MR) is 109 cm³/mol. The minimum absolute atomic E-state index is 0.181. The van der Waals surface area contributed by atoms with Gasteiger partial charge in [-0.25, -0.2) is 14.6 Å². The number of nitrogens with zero attached hydrogens (tertiary/aromatic N) is 1. The van der Waals surface area contributed by atoms with Crippen LogP contribution in [-0.4, -0.2) is 41.6 Å². The summed E-state index contributed by atoms with van der Waals surface area (Å²) in [7, 11) is 0. The highest BCUT2D eigenvalue weighted by atomic mass is 35.5. The van der Waals surface area contributed by atoms with E-state index >= 15 is 0 Å². The number of halogens is 2. The van der Waals surface area contributed by atoms with E-state index in [1.807, 2.05) is 0 Å². The van der Waals surface area contributed by atoms with Crippen LogP contribution in [0.3, 0.4) is 0 Å². The number of rotatable bonds is 5. The van der Waals surface area contributed by atoms with Crippen molar-refractivity contribution in [2.75, 3.05) is 13.2 Å². The lowest BCUT2D eigenvalue weighted by atomic mass is 10.1. The average molecular weight is 442 g/mol. The fraction of sp³-hybridized carbons (Fsp3) is 0.368. The van der Waals surface area contributed by atoms with Gasteiger partial charge in [-0.05, 0) is 45.9 Å². The molecule has 2 aromatic rings. The van der Waals surface area contributed by atoms with Gasteiger partial charge in [0, 0.05) is 16.6 Å². The van der Waals surface area contributed by atoms with Gasteiger partial charge in [-0.2, -0.15) is 0 Å². The molecule has 8 nitrogen and oxygen atoms in total. The molecule has 3 amide bonds. The van der Waals surface area contributed by atoms with E-state index in [0.717, 1.165) is 0 Å². The number of urea groups is 1. The van der Waals surface area contributed by atoms with Gasteiger partial charge in [0.2, 0.25) is 0 Å². The van der Waals surface area contributed by atoms with E-state index in [1.165, 1.54) is 6.07 Å². The molecule has 0 atom stereocenters. The number of imide groups is 1. The van der Waals surface area contributed by atoms with Crippen LogP contribution in [0.4, 0.5) is 4.79 Å². The zero-order chi connectivity index (χ0) is 21.8. The smallest absolute Gasteiger partial charge is 0.344 e. The standard InChI is InChI=1S/C19H21Cl2N3O5/c1-10-5-6-11-12(20)7-13(21)17(16(11)22-10)29-9-15(26)28-8-14(25)23-18(27)24-19(2,3)4/h5-7H,8-9H2,1-4H3,(H2,23,24,25,27). The number of hydrogen-bond acceptors (Lipinski definition) is 6. The summed E-state index contributed by atoms with van der Waals surface area (Å²) >= 11 is 12.3. The quantitative estimate of drug-likeness (QED) is 0.688. The van der Waals surface area contributed by atoms with E-state index < -0.39 is 36.7 Å². The van der Waals surface area contributed by atoms with Crippen molar-refractivity contribution in [1.82, 2.24) is 15.6 Å². The van der Waals surface area contributed by atoms with Gasteiger partial charge in [0.1, 0.15) is 5.52 Å². The lowest BCUT2D eigenvalue weighted by molar-refractivity contribution is -0.150. The van der Waals surface area contributed by atoms with Crippen LogP contribution in [0.25, 0.3) is 10.9 Å². The summed E-state index contributed by atoms with van der Waals surface area (Å²) in [6.45, 7) is 5.93. The largest absolute Gasteiger partial charge is 0.478 e. The van der Waals surface area contributed by atoms with E-state index in [4.69, 9.17) is 32.7 Å². The number of aromatic nitrogens is 1. The number of esters is 1. The van der Waals surface area contributed by atoms with E-state index in [1.54, 1.807) is 39.8 Å². The molecule has 0 radical (unpaired) electrons. The fourth-order valence-electron chi connectivity index (χ4n) is 2.28. The molecule has 1 aromatic carbocycles. The number of benzene rings is 1. The highest BCUT2D eigenvalue weighted by molar-refractivity contribution is 6.39. The third kappa shape index (κ3) is 6.76. The Morgan fingerprint density at radius 1 is 1.10 bits per heavy atom. The lowest BCUT2D eigenvalue weighted by Crippen LogP contribution is -2.49. The predicted octanol–water partition coefficient (Wildman–Crippen LogP) is 3.40. The third-order valence-electron chi connectivity index (χ3n) is 3.42. The maximum atomic E-state index is 11.9. The van der Waals surface area contributed by atoms with Gasteiger partial charge in [-0.1, -0.05) is 23.2 Å². The van der Waals surface area contributed by atoms with Crippen LogP contribution in [0, 0.1) is 6.92 Å². The van der Waals surface area contributed by atoms with Gasteiger partial charge in [0.15, 0.2) is 19.0 Å². The Balaban J connectivity index is 1.94. The van der Waals surface area contributed by atoms with Gasteiger partial charge in [-0.3, -0.25) is 10.1 Å². The molecule has 0 saturated heterocycles. The minimum Gasteiger partial charge on any atom is -0.478 e. The lowest BCUT2D eigenvalue weighted by Gasteiger charge is -2.20. The van der Waals surface area contributed by atoms with Crippen molar-refractivity contribution in [3.63, 3.8) is 0 Å². The second-order valence-corrected chi connectivity index (χ2v) is 8.03. The minimum atomic E-state index is -0.816. The number of fused-ring (bicyclic) bond motifs is 1. The highest BCUT2D eigenvalue weighted by Crippen LogP contribution is 2.37. The first kappa shape index (κ1) is 22.7. The van der Waals surface area contributed by atoms with Gasteiger partial charge < -0.3 is 14.8 Å². The normalized spacial score (nSPS) is 11.1. The Hall–Kier alpha value is -2.58. The summed E-state index contributed by atoms with van der Waals surface area (Å²) in [5.41, 5.74) is 0.613. The molecule has 1 aromatic heterocycles. The van der Waals surface area contributed by atoms with Gasteiger partial charge in [0.05, 0.1) is 10.0 Å². The van der Waals surface area contributed by atoms with Gasteiger partial charge in [-0.15, -0.1) is 0 Å². The van der Waals surface area contributed by atoms with E-state index in [-0.39, 0.29) is 10.8 Å². The van der Waals surface area contributed by atoms with Gasteiger partial charge >= 0.3 is 12.0 Å². The second kappa shape index (κ2) is 9.28. The molecule has 0 aliphatic heterocycles. The van der Waals surface area contributed by atoms with Crippen molar-refractivity contribution in [3.8, 4) is 5.75 Å². The number of aryl methyl sites for hydroxylation is 1. The van der Waals surface area contributed by atoms with Crippen LogP contribution in [0.5, 0.6) is 5.75 Å². The zero-order valence-electron chi connectivity index (χ0n) is 16.4. The summed E-state index contributed by atoms with van der Waals surface area (Å²) in [6.07, 6.45) is 0. The Bertz CT molecular complexity index is 957. The number of carbonyl (C=O) groups is 3. The number of carbonyl (C=O) groups excluding carboxylic acids is 3. The topological polar surface area (TPSA) is 107 Å². The molecule has 1 heterocycles. The van der Waals surface area contributed by atoms with Crippen molar-refractivity contribution in [1.29, 1.82) is 0 Å². The first-order chi connectivity index (χ1) is 13.5. The van der Waals surface area contributed by atoms with Crippen LogP contribution in [-0.2, 0) is 14.3 Å². The molecule has 0 fully saturated rings. The number of ether oxygens (including phenoxy) is 2. The Labute approximate surface area is 177 Å². The van der Waals surface area contributed by atoms with E-state index in [9.17, 15) is 14.4 Å². The number of hydrogen-bond donors (Lipinski definition) is 2. The average Bonchev–Trinajstić information content (AvgIpc) is 2.57. The van der Waals surface area contributed by atoms with Crippen molar-refractivity contribution in [2.45, 2.75) is 33.2 Å². The van der Waals surface area contributed by atoms with Crippen LogP contribution >= 0.6 is 23.2 Å². The first-order valence-electron chi connectivity index (χ1n) is 8.62. The van der Waals surface area contributed by atoms with E-state index in [0.29, 0.717) is 21.6 Å². The second-order valence-electron chi connectivity index (χ2n) is 7.22. The molecule has 0 bridgehead atoms. The van der Waals surface area contributed by atoms with Crippen LogP contribution in [0.2, 0.25) is 10.0 Å². The third-order valence-corrected chi connectivity index (χ3v) is 4.01.